The molecule has 0 radical (unpaired) electrons. The van der Waals surface area contributed by atoms with Gasteiger partial charge in [-0.15, -0.1) is 0 Å². The van der Waals surface area contributed by atoms with Crippen molar-refractivity contribution in [3.63, 3.8) is 0 Å². The Kier molecular flexibility index (Phi) is 4.05. The van der Waals surface area contributed by atoms with Crippen molar-refractivity contribution in [2.75, 3.05) is 42.9 Å². The van der Waals surface area contributed by atoms with Gasteiger partial charge < -0.3 is 10.2 Å². The summed E-state index contributed by atoms with van der Waals surface area (Å²) in [4.78, 5) is 10.0. The van der Waals surface area contributed by atoms with Gasteiger partial charge in [-0.1, -0.05) is 0 Å². The molecule has 0 unspecified atom stereocenters. The van der Waals surface area contributed by atoms with Gasteiger partial charge in [0.05, 0.1) is 5.75 Å². The molecule has 0 spiro atoms. The van der Waals surface area contributed by atoms with Gasteiger partial charge in [0.2, 0.25) is 5.95 Å². The topological polar surface area (TPSA) is 75.2 Å². The zero-order valence-electron chi connectivity index (χ0n) is 9.64. The van der Waals surface area contributed by atoms with E-state index < -0.39 is 9.84 Å². The van der Waals surface area contributed by atoms with E-state index in [0.717, 1.165) is 0 Å². The van der Waals surface area contributed by atoms with Crippen LogP contribution in [0.15, 0.2) is 12.3 Å². The molecular weight excluding hydrogens is 228 g/mol. The number of nitrogens with zero attached hydrogens (tertiary/aromatic N) is 3. The minimum absolute atomic E-state index is 0.0916. The van der Waals surface area contributed by atoms with Crippen LogP contribution in [0.2, 0.25) is 0 Å². The first-order chi connectivity index (χ1) is 7.38. The number of nitrogens with one attached hydrogen (secondary N) is 1. The molecule has 0 aliphatic heterocycles. The number of rotatable bonds is 5. The lowest BCUT2D eigenvalue weighted by molar-refractivity contribution is 0.602. The van der Waals surface area contributed by atoms with Gasteiger partial charge in [-0.05, 0) is 6.07 Å². The Hall–Kier alpha value is -1.37. The Bertz CT molecular complexity index is 445. The fourth-order valence-corrected chi connectivity index (χ4v) is 1.50. The maximum atomic E-state index is 10.9. The Morgan fingerprint density at radius 3 is 2.69 bits per heavy atom. The predicted molar refractivity (Wildman–Crippen MR) is 64.6 cm³/mol. The molecule has 16 heavy (non-hydrogen) atoms. The standard InChI is InChI=1S/C9H16N4O2S/c1-13(2)9-11-5-4-8(12-9)10-6-7-16(3,14)15/h4-5H,6-7H2,1-3H3,(H,10,11,12). The van der Waals surface area contributed by atoms with Gasteiger partial charge >= 0.3 is 0 Å². The summed E-state index contributed by atoms with van der Waals surface area (Å²) in [6.45, 7) is 0.350. The van der Waals surface area contributed by atoms with Gasteiger partial charge in [0.25, 0.3) is 0 Å². The molecule has 6 nitrogen and oxygen atoms in total. The highest BCUT2D eigenvalue weighted by Gasteiger charge is 2.03. The Morgan fingerprint density at radius 1 is 1.44 bits per heavy atom. The molecule has 1 aromatic heterocycles. The van der Waals surface area contributed by atoms with Gasteiger partial charge in [0, 0.05) is 33.1 Å². The molecule has 0 atom stereocenters. The third-order valence-electron chi connectivity index (χ3n) is 1.82. The lowest BCUT2D eigenvalue weighted by Crippen LogP contribution is -2.17. The Morgan fingerprint density at radius 2 is 2.12 bits per heavy atom. The summed E-state index contributed by atoms with van der Waals surface area (Å²) in [6.07, 6.45) is 2.84. The van der Waals surface area contributed by atoms with Gasteiger partial charge in [0.15, 0.2) is 0 Å². The van der Waals surface area contributed by atoms with E-state index in [-0.39, 0.29) is 5.75 Å². The average molecular weight is 244 g/mol. The molecule has 0 saturated carbocycles. The number of hydrogen-bond acceptors (Lipinski definition) is 6. The maximum Gasteiger partial charge on any atom is 0.226 e. The molecular formula is C9H16N4O2S. The lowest BCUT2D eigenvalue weighted by atomic mass is 10.5. The van der Waals surface area contributed by atoms with E-state index in [9.17, 15) is 8.42 Å². The summed E-state index contributed by atoms with van der Waals surface area (Å²) in [7, 11) is 0.749. The van der Waals surface area contributed by atoms with E-state index in [1.807, 2.05) is 14.1 Å². The van der Waals surface area contributed by atoms with Crippen LogP contribution in [0.25, 0.3) is 0 Å². The molecule has 0 aliphatic rings. The van der Waals surface area contributed by atoms with Crippen LogP contribution in [0.1, 0.15) is 0 Å². The molecule has 0 aliphatic carbocycles. The highest BCUT2D eigenvalue weighted by atomic mass is 32.2. The largest absolute Gasteiger partial charge is 0.369 e. The Balaban J connectivity index is 2.58. The molecule has 1 aromatic rings. The lowest BCUT2D eigenvalue weighted by Gasteiger charge is -2.11. The van der Waals surface area contributed by atoms with E-state index in [0.29, 0.717) is 18.3 Å². The van der Waals surface area contributed by atoms with Crippen molar-refractivity contribution in [1.82, 2.24) is 9.97 Å². The highest BCUT2D eigenvalue weighted by Crippen LogP contribution is 2.07. The average Bonchev–Trinajstić information content (AvgIpc) is 2.16. The van der Waals surface area contributed by atoms with Crippen LogP contribution < -0.4 is 10.2 Å². The van der Waals surface area contributed by atoms with Gasteiger partial charge in [-0.2, -0.15) is 4.98 Å². The minimum atomic E-state index is -2.94. The van der Waals surface area contributed by atoms with Crippen molar-refractivity contribution >= 4 is 21.6 Å². The van der Waals surface area contributed by atoms with E-state index >= 15 is 0 Å². The SMILES string of the molecule is CN(C)c1nccc(NCCS(C)(=O)=O)n1. The molecule has 1 N–H and O–H groups in total. The normalized spacial score (nSPS) is 11.2. The zero-order valence-corrected chi connectivity index (χ0v) is 10.5. The first-order valence-electron chi connectivity index (χ1n) is 4.80. The molecule has 0 bridgehead atoms. The fraction of sp³-hybridized carbons (Fsp3) is 0.556. The van der Waals surface area contributed by atoms with Crippen LogP contribution in [-0.2, 0) is 9.84 Å². The Labute approximate surface area is 95.6 Å². The van der Waals surface area contributed by atoms with Crippen molar-refractivity contribution in [2.45, 2.75) is 0 Å². The van der Waals surface area contributed by atoms with Crippen molar-refractivity contribution in [3.8, 4) is 0 Å². The van der Waals surface area contributed by atoms with Gasteiger partial charge in [-0.25, -0.2) is 13.4 Å². The quantitative estimate of drug-likeness (QED) is 0.785. The summed E-state index contributed by atoms with van der Waals surface area (Å²) in [5.74, 6) is 1.31. The third kappa shape index (κ3) is 4.43. The molecule has 0 amide bonds. The molecule has 90 valence electrons. The minimum Gasteiger partial charge on any atom is -0.369 e. The smallest absolute Gasteiger partial charge is 0.226 e. The van der Waals surface area contributed by atoms with Crippen molar-refractivity contribution in [1.29, 1.82) is 0 Å². The van der Waals surface area contributed by atoms with Gasteiger partial charge in [0.1, 0.15) is 15.7 Å². The second kappa shape index (κ2) is 5.11. The summed E-state index contributed by atoms with van der Waals surface area (Å²) in [6, 6.07) is 1.70. The monoisotopic (exact) mass is 244 g/mol. The first kappa shape index (κ1) is 12.7. The zero-order chi connectivity index (χ0) is 12.2. The van der Waals surface area contributed by atoms with Crippen LogP contribution in [0.3, 0.4) is 0 Å². The van der Waals surface area contributed by atoms with Gasteiger partial charge in [-0.3, -0.25) is 0 Å². The molecule has 1 heterocycles. The summed E-state index contributed by atoms with van der Waals surface area (Å²) in [5.41, 5.74) is 0. The van der Waals surface area contributed by atoms with E-state index in [4.69, 9.17) is 0 Å². The number of sulfone groups is 1. The molecule has 0 saturated heterocycles. The summed E-state index contributed by atoms with van der Waals surface area (Å²) < 4.78 is 21.8. The van der Waals surface area contributed by atoms with Crippen LogP contribution in [0, 0.1) is 0 Å². The number of aromatic nitrogens is 2. The van der Waals surface area contributed by atoms with Crippen LogP contribution >= 0.6 is 0 Å². The number of hydrogen-bond donors (Lipinski definition) is 1. The fourth-order valence-electron chi connectivity index (χ4n) is 1.03. The van der Waals surface area contributed by atoms with Crippen LogP contribution in [0.4, 0.5) is 11.8 Å². The van der Waals surface area contributed by atoms with Crippen molar-refractivity contribution < 1.29 is 8.42 Å². The van der Waals surface area contributed by atoms with E-state index in [2.05, 4.69) is 15.3 Å². The molecule has 0 aromatic carbocycles. The first-order valence-corrected chi connectivity index (χ1v) is 6.86. The summed E-state index contributed by atoms with van der Waals surface area (Å²) >= 11 is 0. The highest BCUT2D eigenvalue weighted by molar-refractivity contribution is 7.90. The summed E-state index contributed by atoms with van der Waals surface area (Å²) in [5, 5.41) is 2.94. The van der Waals surface area contributed by atoms with Crippen molar-refractivity contribution in [3.05, 3.63) is 12.3 Å². The van der Waals surface area contributed by atoms with E-state index in [1.54, 1.807) is 17.2 Å². The van der Waals surface area contributed by atoms with Crippen molar-refractivity contribution in [2.24, 2.45) is 0 Å². The maximum absolute atomic E-state index is 10.9. The number of anilines is 2. The predicted octanol–water partition coefficient (Wildman–Crippen LogP) is -0.000900. The second-order valence-corrected chi connectivity index (χ2v) is 5.95. The second-order valence-electron chi connectivity index (χ2n) is 3.69. The molecule has 0 fully saturated rings. The molecule has 7 heteroatoms. The molecule has 1 rings (SSSR count). The third-order valence-corrected chi connectivity index (χ3v) is 2.77. The van der Waals surface area contributed by atoms with E-state index in [1.165, 1.54) is 6.26 Å². The van der Waals surface area contributed by atoms with Crippen LogP contribution in [-0.4, -0.2) is 51.0 Å². The van der Waals surface area contributed by atoms with Crippen LogP contribution in [0.5, 0.6) is 0 Å².